The second kappa shape index (κ2) is 5.41. The Balaban J connectivity index is 2.42. The molecule has 0 aliphatic heterocycles. The van der Waals surface area contributed by atoms with Crippen molar-refractivity contribution in [3.63, 3.8) is 0 Å². The van der Waals surface area contributed by atoms with E-state index in [1.165, 1.54) is 23.0 Å². The van der Waals surface area contributed by atoms with E-state index in [2.05, 4.69) is 15.3 Å². The monoisotopic (exact) mass is 284 g/mol. The molecule has 1 N–H and O–H groups in total. The van der Waals surface area contributed by atoms with Crippen molar-refractivity contribution in [1.29, 1.82) is 0 Å². The molecule has 0 bridgehead atoms. The van der Waals surface area contributed by atoms with Gasteiger partial charge in [0.2, 0.25) is 4.77 Å². The molecule has 2 rings (SSSR count). The Bertz CT molecular complexity index is 626. The van der Waals surface area contributed by atoms with Crippen molar-refractivity contribution in [3.8, 4) is 0 Å². The lowest BCUT2D eigenvalue weighted by Crippen LogP contribution is -1.98. The van der Waals surface area contributed by atoms with Crippen LogP contribution in [0.25, 0.3) is 0 Å². The van der Waals surface area contributed by atoms with Gasteiger partial charge in [0.15, 0.2) is 5.82 Å². The van der Waals surface area contributed by atoms with Crippen LogP contribution in [0.2, 0.25) is 5.02 Å². The highest BCUT2D eigenvalue weighted by molar-refractivity contribution is 7.71. The maximum Gasteiger partial charge on any atom is 0.216 e. The number of halogens is 2. The predicted octanol–water partition coefficient (Wildman–Crippen LogP) is 3.18. The quantitative estimate of drug-likeness (QED) is 0.695. The van der Waals surface area contributed by atoms with E-state index in [0.29, 0.717) is 22.0 Å². The summed E-state index contributed by atoms with van der Waals surface area (Å²) >= 11 is 10.9. The summed E-state index contributed by atoms with van der Waals surface area (Å²) in [5, 5.41) is 11.0. The van der Waals surface area contributed by atoms with Crippen LogP contribution in [0.4, 0.5) is 4.39 Å². The number of aromatic amines is 1. The maximum absolute atomic E-state index is 13.5. The molecular weight excluding hydrogens is 275 g/mol. The van der Waals surface area contributed by atoms with Crippen molar-refractivity contribution in [3.05, 3.63) is 45.2 Å². The van der Waals surface area contributed by atoms with Gasteiger partial charge in [-0.1, -0.05) is 24.6 Å². The summed E-state index contributed by atoms with van der Waals surface area (Å²) in [4.78, 5) is 0. The van der Waals surface area contributed by atoms with E-state index in [1.807, 2.05) is 6.92 Å². The Hall–Kier alpha value is -1.53. The highest BCUT2D eigenvalue weighted by Crippen LogP contribution is 2.16. The fraction of sp³-hybridized carbons (Fsp3) is 0.182. The van der Waals surface area contributed by atoms with Crippen LogP contribution in [0.3, 0.4) is 0 Å². The van der Waals surface area contributed by atoms with Crippen LogP contribution in [0.1, 0.15) is 18.3 Å². The summed E-state index contributed by atoms with van der Waals surface area (Å²) in [5.74, 6) is 0.239. The van der Waals surface area contributed by atoms with Crippen molar-refractivity contribution in [2.45, 2.75) is 13.3 Å². The highest BCUT2D eigenvalue weighted by atomic mass is 35.5. The van der Waals surface area contributed by atoms with Gasteiger partial charge in [-0.3, -0.25) is 5.10 Å². The minimum absolute atomic E-state index is 0.226. The minimum atomic E-state index is -0.431. The molecule has 7 heteroatoms. The van der Waals surface area contributed by atoms with Gasteiger partial charge in [0, 0.05) is 12.0 Å². The molecule has 0 saturated carbocycles. The fourth-order valence-corrected chi connectivity index (χ4v) is 1.83. The number of aryl methyl sites for hydroxylation is 1. The predicted molar refractivity (Wildman–Crippen MR) is 71.2 cm³/mol. The Labute approximate surface area is 113 Å². The minimum Gasteiger partial charge on any atom is -0.250 e. The average molecular weight is 285 g/mol. The molecule has 0 radical (unpaired) electrons. The first-order chi connectivity index (χ1) is 8.63. The van der Waals surface area contributed by atoms with Gasteiger partial charge in [0.1, 0.15) is 5.82 Å². The summed E-state index contributed by atoms with van der Waals surface area (Å²) in [7, 11) is 0. The molecule has 1 aromatic heterocycles. The third kappa shape index (κ3) is 2.49. The van der Waals surface area contributed by atoms with E-state index in [9.17, 15) is 4.39 Å². The van der Waals surface area contributed by atoms with Crippen molar-refractivity contribution >= 4 is 30.0 Å². The van der Waals surface area contributed by atoms with Crippen LogP contribution < -0.4 is 0 Å². The number of nitrogens with zero attached hydrogens (tertiary/aromatic N) is 3. The number of benzene rings is 1. The standard InChI is InChI=1S/C11H10ClFN4S/c1-2-10-15-16-11(18)17(10)14-6-7-8(12)4-3-5-9(7)13/h3-6H,2H2,1H3,(H,16,18)/b14-6-. The van der Waals surface area contributed by atoms with E-state index in [-0.39, 0.29) is 5.56 Å². The summed E-state index contributed by atoms with van der Waals surface area (Å²) in [6.07, 6.45) is 2.00. The summed E-state index contributed by atoms with van der Waals surface area (Å²) in [5.41, 5.74) is 0.226. The molecule has 18 heavy (non-hydrogen) atoms. The van der Waals surface area contributed by atoms with Crippen molar-refractivity contribution in [2.24, 2.45) is 5.10 Å². The van der Waals surface area contributed by atoms with Crippen LogP contribution in [-0.4, -0.2) is 21.1 Å². The van der Waals surface area contributed by atoms with Crippen LogP contribution in [0.5, 0.6) is 0 Å². The molecule has 0 amide bonds. The highest BCUT2D eigenvalue weighted by Gasteiger charge is 2.05. The van der Waals surface area contributed by atoms with Crippen molar-refractivity contribution in [1.82, 2.24) is 14.9 Å². The third-order valence-corrected chi connectivity index (χ3v) is 2.93. The number of nitrogens with one attached hydrogen (secondary N) is 1. The Morgan fingerprint density at radius 3 is 3.06 bits per heavy atom. The first-order valence-electron chi connectivity index (χ1n) is 5.28. The smallest absolute Gasteiger partial charge is 0.216 e. The van der Waals surface area contributed by atoms with Crippen LogP contribution in [-0.2, 0) is 6.42 Å². The second-order valence-corrected chi connectivity index (χ2v) is 4.28. The van der Waals surface area contributed by atoms with Gasteiger partial charge in [0.05, 0.1) is 11.2 Å². The van der Waals surface area contributed by atoms with Crippen LogP contribution in [0, 0.1) is 10.6 Å². The maximum atomic E-state index is 13.5. The molecule has 4 nitrogen and oxygen atoms in total. The molecule has 2 aromatic rings. The zero-order valence-electron chi connectivity index (χ0n) is 9.52. The molecule has 1 aromatic carbocycles. The first-order valence-corrected chi connectivity index (χ1v) is 6.06. The second-order valence-electron chi connectivity index (χ2n) is 3.49. The fourth-order valence-electron chi connectivity index (χ4n) is 1.42. The van der Waals surface area contributed by atoms with Crippen molar-refractivity contribution in [2.75, 3.05) is 0 Å². The van der Waals surface area contributed by atoms with Gasteiger partial charge in [-0.25, -0.2) is 4.39 Å². The lowest BCUT2D eigenvalue weighted by Gasteiger charge is -2.00. The largest absolute Gasteiger partial charge is 0.250 e. The Morgan fingerprint density at radius 2 is 2.39 bits per heavy atom. The molecule has 0 saturated heterocycles. The van der Waals surface area contributed by atoms with Crippen LogP contribution >= 0.6 is 23.8 Å². The van der Waals surface area contributed by atoms with E-state index in [1.54, 1.807) is 6.07 Å². The molecular formula is C11H10ClFN4S. The lowest BCUT2D eigenvalue weighted by molar-refractivity contribution is 0.625. The van der Waals surface area contributed by atoms with E-state index in [4.69, 9.17) is 23.8 Å². The number of H-pyrrole nitrogens is 1. The number of hydrogen-bond donors (Lipinski definition) is 1. The summed E-state index contributed by atoms with van der Waals surface area (Å²) < 4.78 is 15.3. The van der Waals surface area contributed by atoms with Gasteiger partial charge in [-0.2, -0.15) is 14.9 Å². The molecule has 0 fully saturated rings. The zero-order chi connectivity index (χ0) is 13.1. The van der Waals surface area contributed by atoms with E-state index < -0.39 is 5.82 Å². The van der Waals surface area contributed by atoms with Crippen LogP contribution in [0.15, 0.2) is 23.3 Å². The number of hydrogen-bond acceptors (Lipinski definition) is 3. The molecule has 1 heterocycles. The molecule has 0 aliphatic rings. The van der Waals surface area contributed by atoms with Gasteiger partial charge >= 0.3 is 0 Å². The first kappa shape index (κ1) is 12.9. The Morgan fingerprint density at radius 1 is 1.61 bits per heavy atom. The van der Waals surface area contributed by atoms with E-state index >= 15 is 0 Å². The molecule has 0 spiro atoms. The molecule has 0 unspecified atom stereocenters. The topological polar surface area (TPSA) is 46.0 Å². The van der Waals surface area contributed by atoms with Gasteiger partial charge in [-0.15, -0.1) is 0 Å². The Kier molecular flexibility index (Phi) is 3.88. The lowest BCUT2D eigenvalue weighted by atomic mass is 10.2. The molecule has 0 aliphatic carbocycles. The third-order valence-electron chi connectivity index (χ3n) is 2.34. The van der Waals surface area contributed by atoms with Gasteiger partial charge in [0.25, 0.3) is 0 Å². The molecule has 94 valence electrons. The summed E-state index contributed by atoms with van der Waals surface area (Å²) in [6, 6.07) is 4.46. The normalized spacial score (nSPS) is 11.3. The van der Waals surface area contributed by atoms with Crippen molar-refractivity contribution < 1.29 is 4.39 Å². The SMILES string of the molecule is CCc1n[nH]c(=S)n1/N=C\c1c(F)cccc1Cl. The number of rotatable bonds is 3. The van der Waals surface area contributed by atoms with Gasteiger partial charge < -0.3 is 0 Å². The summed E-state index contributed by atoms with van der Waals surface area (Å²) in [6.45, 7) is 1.92. The zero-order valence-corrected chi connectivity index (χ0v) is 11.1. The number of aromatic nitrogens is 3. The van der Waals surface area contributed by atoms with E-state index in [0.717, 1.165) is 0 Å². The molecule has 0 atom stereocenters. The average Bonchev–Trinajstić information content (AvgIpc) is 2.70. The van der Waals surface area contributed by atoms with Gasteiger partial charge in [-0.05, 0) is 24.4 Å².